The highest BCUT2D eigenvalue weighted by Crippen LogP contribution is 2.40. The maximum atomic E-state index is 9.91. The van der Waals surface area contributed by atoms with Gasteiger partial charge in [-0.25, -0.2) is 0 Å². The van der Waals surface area contributed by atoms with Crippen LogP contribution in [0.2, 0.25) is 0 Å². The summed E-state index contributed by atoms with van der Waals surface area (Å²) in [5, 5.41) is 9.91. The number of rotatable bonds is 3. The molecule has 3 atom stereocenters. The normalized spacial score (nSPS) is 30.5. The third-order valence-corrected chi connectivity index (χ3v) is 5.95. The lowest BCUT2D eigenvalue weighted by atomic mass is 9.91. The molecule has 3 unspecified atom stereocenters. The third-order valence-electron chi connectivity index (χ3n) is 4.23. The second-order valence-corrected chi connectivity index (χ2v) is 7.95. The Kier molecular flexibility index (Phi) is 4.84. The Labute approximate surface area is 138 Å². The van der Waals surface area contributed by atoms with Crippen molar-refractivity contribution in [3.63, 3.8) is 0 Å². The van der Waals surface area contributed by atoms with Crippen LogP contribution in [0.5, 0.6) is 5.75 Å². The van der Waals surface area contributed by atoms with Crippen LogP contribution in [0.15, 0.2) is 22.7 Å². The van der Waals surface area contributed by atoms with E-state index in [9.17, 15) is 5.11 Å². The first-order chi connectivity index (χ1) is 10.1. The van der Waals surface area contributed by atoms with Gasteiger partial charge in [0.15, 0.2) is 0 Å². The molecule has 0 saturated carbocycles. The average Bonchev–Trinajstić information content (AvgIpc) is 2.86. The van der Waals surface area contributed by atoms with E-state index in [4.69, 9.17) is 9.47 Å². The molecule has 3 rings (SSSR count). The molecular formula is C16H21BrO3S. The smallest absolute Gasteiger partial charge is 0.126 e. The van der Waals surface area contributed by atoms with Gasteiger partial charge in [-0.15, -0.1) is 0 Å². The van der Waals surface area contributed by atoms with E-state index >= 15 is 0 Å². The van der Waals surface area contributed by atoms with Gasteiger partial charge in [0, 0.05) is 28.6 Å². The number of hydrogen-bond donors (Lipinski definition) is 1. The zero-order valence-corrected chi connectivity index (χ0v) is 14.6. The van der Waals surface area contributed by atoms with Crippen LogP contribution in [0.25, 0.3) is 0 Å². The number of thioether (sulfide) groups is 1. The van der Waals surface area contributed by atoms with Crippen molar-refractivity contribution in [2.24, 2.45) is 0 Å². The third kappa shape index (κ3) is 3.58. The lowest BCUT2D eigenvalue weighted by Crippen LogP contribution is -2.43. The van der Waals surface area contributed by atoms with Gasteiger partial charge in [0.2, 0.25) is 0 Å². The Hall–Kier alpha value is -0.230. The molecule has 2 aliphatic heterocycles. The van der Waals surface area contributed by atoms with E-state index in [0.29, 0.717) is 0 Å². The number of hydrogen-bond acceptors (Lipinski definition) is 4. The summed E-state index contributed by atoms with van der Waals surface area (Å²) in [6.45, 7) is 2.54. The second-order valence-electron chi connectivity index (χ2n) is 5.92. The van der Waals surface area contributed by atoms with E-state index in [-0.39, 0.29) is 11.7 Å². The summed E-state index contributed by atoms with van der Waals surface area (Å²) in [7, 11) is 0. The first-order valence-electron chi connectivity index (χ1n) is 7.44. The Balaban J connectivity index is 1.75. The maximum Gasteiger partial charge on any atom is 0.126 e. The van der Waals surface area contributed by atoms with Gasteiger partial charge in [0.25, 0.3) is 0 Å². The molecule has 2 fully saturated rings. The van der Waals surface area contributed by atoms with E-state index in [1.807, 2.05) is 30.0 Å². The average molecular weight is 373 g/mol. The molecule has 1 aromatic carbocycles. The van der Waals surface area contributed by atoms with Crippen molar-refractivity contribution >= 4 is 27.7 Å². The van der Waals surface area contributed by atoms with Crippen molar-refractivity contribution in [1.29, 1.82) is 0 Å². The molecule has 0 amide bonds. The summed E-state index contributed by atoms with van der Waals surface area (Å²) in [4.78, 5) is 0. The molecule has 2 saturated heterocycles. The fourth-order valence-corrected chi connectivity index (χ4v) is 4.80. The van der Waals surface area contributed by atoms with Gasteiger partial charge in [0.1, 0.15) is 11.9 Å². The van der Waals surface area contributed by atoms with Crippen LogP contribution in [0.4, 0.5) is 0 Å². The summed E-state index contributed by atoms with van der Waals surface area (Å²) in [6.07, 6.45) is 2.64. The zero-order valence-electron chi connectivity index (χ0n) is 12.2. The number of aliphatic hydroxyl groups excluding tert-OH is 1. The SMILES string of the molecule is CC(O)c1ccc(Br)cc1OC1CCOC2(CCSC2)C1. The molecule has 1 spiro atoms. The molecule has 5 heteroatoms. The predicted octanol–water partition coefficient (Wildman–Crippen LogP) is 3.94. The van der Waals surface area contributed by atoms with Crippen molar-refractivity contribution in [3.8, 4) is 5.75 Å². The minimum atomic E-state index is -0.524. The molecule has 3 nitrogen and oxygen atoms in total. The van der Waals surface area contributed by atoms with Crippen LogP contribution >= 0.6 is 27.7 Å². The van der Waals surface area contributed by atoms with Gasteiger partial charge in [-0.2, -0.15) is 11.8 Å². The molecule has 0 radical (unpaired) electrons. The Morgan fingerprint density at radius 1 is 1.52 bits per heavy atom. The van der Waals surface area contributed by atoms with Crippen molar-refractivity contribution in [2.45, 2.75) is 44.0 Å². The van der Waals surface area contributed by atoms with Gasteiger partial charge in [-0.1, -0.05) is 22.0 Å². The summed E-state index contributed by atoms with van der Waals surface area (Å²) in [6, 6.07) is 5.81. The highest BCUT2D eigenvalue weighted by Gasteiger charge is 2.41. The fraction of sp³-hybridized carbons (Fsp3) is 0.625. The van der Waals surface area contributed by atoms with Gasteiger partial charge < -0.3 is 14.6 Å². The zero-order chi connectivity index (χ0) is 14.9. The van der Waals surface area contributed by atoms with Gasteiger partial charge in [-0.05, 0) is 31.2 Å². The number of aliphatic hydroxyl groups is 1. The van der Waals surface area contributed by atoms with E-state index in [1.54, 1.807) is 6.92 Å². The number of benzene rings is 1. The lowest BCUT2D eigenvalue weighted by Gasteiger charge is -2.38. The largest absolute Gasteiger partial charge is 0.490 e. The van der Waals surface area contributed by atoms with Crippen LogP contribution in [0, 0.1) is 0 Å². The molecule has 0 aliphatic carbocycles. The molecule has 0 bridgehead atoms. The molecule has 1 aromatic rings. The second kappa shape index (κ2) is 6.49. The van der Waals surface area contributed by atoms with Gasteiger partial charge in [0.05, 0.1) is 18.3 Å². The number of halogens is 1. The van der Waals surface area contributed by atoms with Crippen molar-refractivity contribution in [3.05, 3.63) is 28.2 Å². The van der Waals surface area contributed by atoms with E-state index in [1.165, 1.54) is 5.75 Å². The summed E-state index contributed by atoms with van der Waals surface area (Å²) in [5.41, 5.74) is 0.865. The summed E-state index contributed by atoms with van der Waals surface area (Å²) >= 11 is 5.45. The molecule has 1 N–H and O–H groups in total. The van der Waals surface area contributed by atoms with Gasteiger partial charge in [-0.3, -0.25) is 0 Å². The van der Waals surface area contributed by atoms with E-state index in [2.05, 4.69) is 15.9 Å². The summed E-state index contributed by atoms with van der Waals surface area (Å²) in [5.74, 6) is 3.05. The molecule has 2 heterocycles. The van der Waals surface area contributed by atoms with Crippen LogP contribution < -0.4 is 4.74 Å². The molecular weight excluding hydrogens is 352 g/mol. The highest BCUT2D eigenvalue weighted by molar-refractivity contribution is 9.10. The molecule has 0 aromatic heterocycles. The van der Waals surface area contributed by atoms with Crippen molar-refractivity contribution in [2.75, 3.05) is 18.1 Å². The minimum absolute atomic E-state index is 0.0184. The topological polar surface area (TPSA) is 38.7 Å². The Morgan fingerprint density at radius 3 is 3.10 bits per heavy atom. The summed E-state index contributed by atoms with van der Waals surface area (Å²) < 4.78 is 13.2. The molecule has 21 heavy (non-hydrogen) atoms. The lowest BCUT2D eigenvalue weighted by molar-refractivity contribution is -0.0962. The predicted molar refractivity (Wildman–Crippen MR) is 89.1 cm³/mol. The Morgan fingerprint density at radius 2 is 2.38 bits per heavy atom. The highest BCUT2D eigenvalue weighted by atomic mass is 79.9. The quantitative estimate of drug-likeness (QED) is 0.871. The van der Waals surface area contributed by atoms with Crippen LogP contribution in [0.1, 0.15) is 37.9 Å². The molecule has 116 valence electrons. The molecule has 2 aliphatic rings. The van der Waals surface area contributed by atoms with Crippen molar-refractivity contribution in [1.82, 2.24) is 0 Å². The van der Waals surface area contributed by atoms with E-state index < -0.39 is 6.10 Å². The van der Waals surface area contributed by atoms with Crippen LogP contribution in [-0.2, 0) is 4.74 Å². The Bertz CT molecular complexity index is 500. The van der Waals surface area contributed by atoms with Gasteiger partial charge >= 0.3 is 0 Å². The monoisotopic (exact) mass is 372 g/mol. The fourth-order valence-electron chi connectivity index (χ4n) is 3.08. The number of ether oxygens (including phenoxy) is 2. The van der Waals surface area contributed by atoms with Crippen LogP contribution in [-0.4, -0.2) is 34.9 Å². The minimum Gasteiger partial charge on any atom is -0.490 e. The maximum absolute atomic E-state index is 9.91. The first kappa shape index (κ1) is 15.7. The van der Waals surface area contributed by atoms with Crippen LogP contribution in [0.3, 0.4) is 0 Å². The van der Waals surface area contributed by atoms with Crippen molar-refractivity contribution < 1.29 is 14.6 Å². The first-order valence-corrected chi connectivity index (χ1v) is 9.39. The standard InChI is InChI=1S/C16H21BrO3S/c1-11(18)14-3-2-12(17)8-15(14)20-13-4-6-19-16(9-13)5-7-21-10-16/h2-3,8,11,13,18H,4-7,9-10H2,1H3. The van der Waals surface area contributed by atoms with E-state index in [0.717, 1.165) is 47.4 Å².